The van der Waals surface area contributed by atoms with Gasteiger partial charge in [-0.05, 0) is 67.9 Å². The van der Waals surface area contributed by atoms with Crippen LogP contribution in [-0.4, -0.2) is 32.3 Å². The summed E-state index contributed by atoms with van der Waals surface area (Å²) >= 11 is 0. The Morgan fingerprint density at radius 1 is 1.00 bits per heavy atom. The molecule has 174 valence electrons. The molecule has 0 aliphatic rings. The first-order valence-electron chi connectivity index (χ1n) is 11.3. The van der Waals surface area contributed by atoms with E-state index in [0.29, 0.717) is 41.1 Å². The second-order valence-corrected chi connectivity index (χ2v) is 7.72. The monoisotopic (exact) mass is 457 g/mol. The number of hydrogen-bond donors (Lipinski definition) is 1. The van der Waals surface area contributed by atoms with E-state index in [1.165, 1.54) is 0 Å². The van der Waals surface area contributed by atoms with E-state index in [-0.39, 0.29) is 5.91 Å². The first-order chi connectivity index (χ1) is 16.6. The number of hydrogen-bond acceptors (Lipinski definition) is 6. The number of carbonyl (C=O) groups is 1. The van der Waals surface area contributed by atoms with Gasteiger partial charge < -0.3 is 14.8 Å². The topological polar surface area (TPSA) is 91.2 Å². The maximum atomic E-state index is 12.6. The van der Waals surface area contributed by atoms with Crippen LogP contribution < -0.4 is 14.8 Å². The van der Waals surface area contributed by atoms with Crippen molar-refractivity contribution in [2.45, 2.75) is 33.1 Å². The van der Waals surface area contributed by atoms with Crippen LogP contribution in [0.3, 0.4) is 0 Å². The van der Waals surface area contributed by atoms with Gasteiger partial charge in [-0.15, -0.1) is 0 Å². The van der Waals surface area contributed by atoms with Crippen LogP contribution in [0, 0.1) is 6.92 Å². The van der Waals surface area contributed by atoms with Gasteiger partial charge in [0.2, 0.25) is 5.88 Å². The molecule has 8 nitrogen and oxygen atoms in total. The predicted molar refractivity (Wildman–Crippen MR) is 130 cm³/mol. The summed E-state index contributed by atoms with van der Waals surface area (Å²) in [5.74, 6) is 2.77. The standard InChI is InChI=1S/C26H27N5O3/c1-3-4-5-17-33-22-11-7-20(8-12-22)26(32)30-21-9-13-23(14-10-21)34-25-18-24(28-19(2)29-25)31-16-6-15-27-31/h6-16,18H,3-5,17H2,1-2H3,(H,30,32). The number of anilines is 1. The van der Waals surface area contributed by atoms with Crippen molar-refractivity contribution in [1.29, 1.82) is 0 Å². The second-order valence-electron chi connectivity index (χ2n) is 7.72. The maximum Gasteiger partial charge on any atom is 0.255 e. The molecule has 0 aliphatic carbocycles. The van der Waals surface area contributed by atoms with Crippen molar-refractivity contribution in [3.8, 4) is 23.2 Å². The molecule has 4 aromatic rings. The van der Waals surface area contributed by atoms with Crippen LogP contribution in [0.2, 0.25) is 0 Å². The average Bonchev–Trinajstić information content (AvgIpc) is 3.38. The van der Waals surface area contributed by atoms with E-state index in [1.807, 2.05) is 18.2 Å². The molecule has 2 heterocycles. The number of nitrogens with zero attached hydrogens (tertiary/aromatic N) is 4. The molecular weight excluding hydrogens is 430 g/mol. The molecule has 1 amide bonds. The maximum absolute atomic E-state index is 12.6. The van der Waals surface area contributed by atoms with Crippen molar-refractivity contribution in [3.63, 3.8) is 0 Å². The van der Waals surface area contributed by atoms with Crippen molar-refractivity contribution in [3.05, 3.63) is 84.4 Å². The van der Waals surface area contributed by atoms with E-state index in [0.717, 1.165) is 25.0 Å². The van der Waals surface area contributed by atoms with Crippen molar-refractivity contribution in [1.82, 2.24) is 19.7 Å². The first-order valence-corrected chi connectivity index (χ1v) is 11.3. The summed E-state index contributed by atoms with van der Waals surface area (Å²) < 4.78 is 13.2. The molecule has 0 atom stereocenters. The minimum absolute atomic E-state index is 0.193. The number of benzene rings is 2. The van der Waals surface area contributed by atoms with Crippen LogP contribution >= 0.6 is 0 Å². The number of unbranched alkanes of at least 4 members (excludes halogenated alkanes) is 2. The Morgan fingerprint density at radius 3 is 2.47 bits per heavy atom. The van der Waals surface area contributed by atoms with Crippen LogP contribution in [0.25, 0.3) is 5.82 Å². The summed E-state index contributed by atoms with van der Waals surface area (Å²) in [5, 5.41) is 7.08. The lowest BCUT2D eigenvalue weighted by Gasteiger charge is -2.10. The fourth-order valence-corrected chi connectivity index (χ4v) is 3.27. The minimum Gasteiger partial charge on any atom is -0.494 e. The van der Waals surface area contributed by atoms with Gasteiger partial charge in [0, 0.05) is 29.7 Å². The largest absolute Gasteiger partial charge is 0.494 e. The minimum atomic E-state index is -0.193. The van der Waals surface area contributed by atoms with Gasteiger partial charge in [-0.25, -0.2) is 9.67 Å². The van der Waals surface area contributed by atoms with E-state index in [4.69, 9.17) is 9.47 Å². The lowest BCUT2D eigenvalue weighted by Crippen LogP contribution is -2.11. The van der Waals surface area contributed by atoms with Crippen molar-refractivity contribution in [2.24, 2.45) is 0 Å². The Labute approximate surface area is 198 Å². The van der Waals surface area contributed by atoms with Crippen LogP contribution in [0.4, 0.5) is 5.69 Å². The van der Waals surface area contributed by atoms with Gasteiger partial charge in [-0.2, -0.15) is 10.1 Å². The third kappa shape index (κ3) is 6.19. The third-order valence-electron chi connectivity index (χ3n) is 5.01. The zero-order chi connectivity index (χ0) is 23.8. The summed E-state index contributed by atoms with van der Waals surface area (Å²) in [6.45, 7) is 4.64. The highest BCUT2D eigenvalue weighted by Crippen LogP contribution is 2.23. The molecule has 34 heavy (non-hydrogen) atoms. The molecule has 4 rings (SSSR count). The molecule has 2 aromatic carbocycles. The summed E-state index contributed by atoms with van der Waals surface area (Å²) in [6.07, 6.45) is 6.82. The quantitative estimate of drug-likeness (QED) is 0.312. The normalized spacial score (nSPS) is 10.6. The molecule has 0 aliphatic heterocycles. The summed E-state index contributed by atoms with van der Waals surface area (Å²) in [6, 6.07) is 17.8. The fourth-order valence-electron chi connectivity index (χ4n) is 3.27. The Kier molecular flexibility index (Phi) is 7.49. The van der Waals surface area contributed by atoms with Gasteiger partial charge >= 0.3 is 0 Å². The zero-order valence-electron chi connectivity index (χ0n) is 19.3. The molecule has 8 heteroatoms. The number of ether oxygens (including phenoxy) is 2. The highest BCUT2D eigenvalue weighted by atomic mass is 16.5. The fraction of sp³-hybridized carbons (Fsp3) is 0.231. The van der Waals surface area contributed by atoms with Crippen molar-refractivity contribution in [2.75, 3.05) is 11.9 Å². The second kappa shape index (κ2) is 11.1. The molecule has 0 radical (unpaired) electrons. The number of aryl methyl sites for hydroxylation is 1. The number of aromatic nitrogens is 4. The third-order valence-corrected chi connectivity index (χ3v) is 5.01. The molecule has 0 saturated heterocycles. The average molecular weight is 458 g/mol. The van der Waals surface area contributed by atoms with E-state index in [2.05, 4.69) is 27.3 Å². The van der Waals surface area contributed by atoms with Gasteiger partial charge in [-0.1, -0.05) is 19.8 Å². The van der Waals surface area contributed by atoms with E-state index in [9.17, 15) is 4.79 Å². The number of nitrogens with one attached hydrogen (secondary N) is 1. The van der Waals surface area contributed by atoms with Gasteiger partial charge in [-0.3, -0.25) is 4.79 Å². The van der Waals surface area contributed by atoms with Gasteiger partial charge in [0.25, 0.3) is 5.91 Å². The molecule has 0 bridgehead atoms. The van der Waals surface area contributed by atoms with Crippen LogP contribution in [0.5, 0.6) is 17.4 Å². The smallest absolute Gasteiger partial charge is 0.255 e. The molecule has 0 saturated carbocycles. The molecule has 1 N–H and O–H groups in total. The molecule has 0 unspecified atom stereocenters. The number of carbonyl (C=O) groups excluding carboxylic acids is 1. The Bertz CT molecular complexity index is 1210. The molecular formula is C26H27N5O3. The number of rotatable bonds is 10. The van der Waals surface area contributed by atoms with E-state index in [1.54, 1.807) is 66.5 Å². The van der Waals surface area contributed by atoms with Crippen LogP contribution in [0.15, 0.2) is 73.1 Å². The highest BCUT2D eigenvalue weighted by Gasteiger charge is 2.09. The zero-order valence-corrected chi connectivity index (χ0v) is 19.3. The van der Waals surface area contributed by atoms with Crippen LogP contribution in [0.1, 0.15) is 42.4 Å². The molecule has 0 fully saturated rings. The number of amides is 1. The first kappa shape index (κ1) is 23.0. The highest BCUT2D eigenvalue weighted by molar-refractivity contribution is 6.04. The van der Waals surface area contributed by atoms with E-state index >= 15 is 0 Å². The molecule has 0 spiro atoms. The van der Waals surface area contributed by atoms with Crippen molar-refractivity contribution < 1.29 is 14.3 Å². The summed E-state index contributed by atoms with van der Waals surface area (Å²) in [7, 11) is 0. The molecule has 2 aromatic heterocycles. The van der Waals surface area contributed by atoms with Gasteiger partial charge in [0.15, 0.2) is 5.82 Å². The Balaban J connectivity index is 1.34. The lowest BCUT2D eigenvalue weighted by molar-refractivity contribution is 0.102. The summed E-state index contributed by atoms with van der Waals surface area (Å²) in [5.41, 5.74) is 1.22. The SMILES string of the molecule is CCCCCOc1ccc(C(=O)Nc2ccc(Oc3cc(-n4cccn4)nc(C)n3)cc2)cc1. The Hall–Kier alpha value is -4.20. The lowest BCUT2D eigenvalue weighted by atomic mass is 10.2. The van der Waals surface area contributed by atoms with E-state index < -0.39 is 0 Å². The predicted octanol–water partition coefficient (Wildman–Crippen LogP) is 5.58. The van der Waals surface area contributed by atoms with Crippen LogP contribution in [-0.2, 0) is 0 Å². The van der Waals surface area contributed by atoms with Gasteiger partial charge in [0.05, 0.1) is 6.61 Å². The van der Waals surface area contributed by atoms with Gasteiger partial charge in [0.1, 0.15) is 17.3 Å². The summed E-state index contributed by atoms with van der Waals surface area (Å²) in [4.78, 5) is 21.3. The Morgan fingerprint density at radius 2 is 1.76 bits per heavy atom. The van der Waals surface area contributed by atoms with Crippen molar-refractivity contribution >= 4 is 11.6 Å².